The molecule has 3 aliphatic rings. The third-order valence-electron chi connectivity index (χ3n) is 5.05. The molecule has 0 spiro atoms. The normalized spacial score (nSPS) is 34.4. The lowest BCUT2D eigenvalue weighted by atomic mass is 9.92. The van der Waals surface area contributed by atoms with Gasteiger partial charge in [-0.2, -0.15) is 0 Å². The number of aliphatic carboxylic acids is 1. The molecule has 0 bridgehead atoms. The molecule has 5 nitrogen and oxygen atoms in total. The van der Waals surface area contributed by atoms with E-state index in [2.05, 4.69) is 0 Å². The number of piperidine rings is 1. The van der Waals surface area contributed by atoms with Crippen molar-refractivity contribution in [1.82, 2.24) is 9.80 Å². The number of carbonyl (C=O) groups excluding carboxylic acids is 1. The molecule has 3 atom stereocenters. The third-order valence-corrected chi connectivity index (χ3v) is 5.05. The molecule has 19 heavy (non-hydrogen) atoms. The van der Waals surface area contributed by atoms with E-state index in [1.54, 1.807) is 4.90 Å². The Morgan fingerprint density at radius 2 is 1.79 bits per heavy atom. The number of likely N-dealkylation sites (tertiary alicyclic amines) is 2. The number of carbonyl (C=O) groups is 2. The highest BCUT2D eigenvalue weighted by atomic mass is 16.4. The lowest BCUT2D eigenvalue weighted by Crippen LogP contribution is -2.51. The molecular weight excluding hydrogens is 244 g/mol. The van der Waals surface area contributed by atoms with Crippen LogP contribution in [0.2, 0.25) is 0 Å². The zero-order chi connectivity index (χ0) is 13.4. The number of carboxylic acids is 1. The van der Waals surface area contributed by atoms with E-state index in [0.717, 1.165) is 19.4 Å². The number of rotatable bonds is 1. The van der Waals surface area contributed by atoms with Gasteiger partial charge in [-0.1, -0.05) is 6.42 Å². The second-order valence-electron chi connectivity index (χ2n) is 6.15. The van der Waals surface area contributed by atoms with E-state index in [9.17, 15) is 9.59 Å². The first-order valence-electron chi connectivity index (χ1n) is 7.45. The summed E-state index contributed by atoms with van der Waals surface area (Å²) in [6, 6.07) is 0.505. The molecule has 106 valence electrons. The molecular formula is C14H22N2O3. The fourth-order valence-corrected chi connectivity index (χ4v) is 4.01. The Morgan fingerprint density at radius 3 is 2.53 bits per heavy atom. The van der Waals surface area contributed by atoms with Gasteiger partial charge in [0.15, 0.2) is 0 Å². The summed E-state index contributed by atoms with van der Waals surface area (Å²) in [6.45, 7) is 1.85. The zero-order valence-electron chi connectivity index (χ0n) is 11.3. The van der Waals surface area contributed by atoms with Crippen molar-refractivity contribution in [3.05, 3.63) is 0 Å². The molecule has 2 saturated heterocycles. The maximum Gasteiger partial charge on any atom is 0.320 e. The fraction of sp³-hybridized carbons (Fsp3) is 0.857. The van der Waals surface area contributed by atoms with E-state index in [1.165, 1.54) is 19.3 Å². The summed E-state index contributed by atoms with van der Waals surface area (Å²) in [7, 11) is 0. The molecule has 2 aliphatic heterocycles. The van der Waals surface area contributed by atoms with Gasteiger partial charge in [0.2, 0.25) is 0 Å². The lowest BCUT2D eigenvalue weighted by Gasteiger charge is -2.39. The highest BCUT2D eigenvalue weighted by Crippen LogP contribution is 2.37. The Hall–Kier alpha value is -1.26. The van der Waals surface area contributed by atoms with Gasteiger partial charge in [0.25, 0.3) is 0 Å². The highest BCUT2D eigenvalue weighted by molar-refractivity contribution is 5.78. The Balaban J connectivity index is 1.65. The molecule has 5 heteroatoms. The van der Waals surface area contributed by atoms with Gasteiger partial charge in [0.1, 0.15) is 0 Å². The maximum atomic E-state index is 12.6. The number of carboxylic acid groups (broad SMARTS) is 1. The van der Waals surface area contributed by atoms with E-state index in [0.29, 0.717) is 31.5 Å². The largest absolute Gasteiger partial charge is 0.481 e. The van der Waals surface area contributed by atoms with Crippen LogP contribution >= 0.6 is 0 Å². The molecule has 1 N–H and O–H groups in total. The van der Waals surface area contributed by atoms with Crippen molar-refractivity contribution >= 4 is 12.0 Å². The van der Waals surface area contributed by atoms with Crippen LogP contribution in [0.1, 0.15) is 38.5 Å². The first-order chi connectivity index (χ1) is 9.16. The van der Waals surface area contributed by atoms with Crippen molar-refractivity contribution in [3.8, 4) is 0 Å². The monoisotopic (exact) mass is 266 g/mol. The standard InChI is InChI=1S/C14H22N2O3/c17-13(18)11-6-8-15(9-11)14(19)16-7-2-4-10-3-1-5-12(10)16/h10-12H,1-9H2,(H,17,18). The Kier molecular flexibility index (Phi) is 3.37. The van der Waals surface area contributed by atoms with Crippen LogP contribution in [0.3, 0.4) is 0 Å². The van der Waals surface area contributed by atoms with Crippen LogP contribution in [0.25, 0.3) is 0 Å². The van der Waals surface area contributed by atoms with Crippen LogP contribution in [0.15, 0.2) is 0 Å². The number of hydrogen-bond acceptors (Lipinski definition) is 2. The molecule has 2 amide bonds. The number of hydrogen-bond donors (Lipinski definition) is 1. The van der Waals surface area contributed by atoms with Gasteiger partial charge in [-0.05, 0) is 38.0 Å². The summed E-state index contributed by atoms with van der Waals surface area (Å²) in [5, 5.41) is 9.02. The predicted molar refractivity (Wildman–Crippen MR) is 69.8 cm³/mol. The number of nitrogens with zero attached hydrogens (tertiary/aromatic N) is 2. The topological polar surface area (TPSA) is 60.9 Å². The quantitative estimate of drug-likeness (QED) is 0.787. The summed E-state index contributed by atoms with van der Waals surface area (Å²) in [5.41, 5.74) is 0. The predicted octanol–water partition coefficient (Wildman–Crippen LogP) is 1.78. The lowest BCUT2D eigenvalue weighted by molar-refractivity contribution is -0.141. The number of urea groups is 1. The van der Waals surface area contributed by atoms with Gasteiger partial charge >= 0.3 is 12.0 Å². The molecule has 1 aliphatic carbocycles. The minimum absolute atomic E-state index is 0.0837. The Bertz CT molecular complexity index is 385. The zero-order valence-corrected chi connectivity index (χ0v) is 11.3. The average molecular weight is 266 g/mol. The van der Waals surface area contributed by atoms with Crippen molar-refractivity contribution in [2.45, 2.75) is 44.6 Å². The molecule has 0 aromatic rings. The molecule has 3 rings (SSSR count). The van der Waals surface area contributed by atoms with Crippen molar-refractivity contribution in [2.75, 3.05) is 19.6 Å². The van der Waals surface area contributed by atoms with Gasteiger partial charge in [-0.3, -0.25) is 4.79 Å². The van der Waals surface area contributed by atoms with Gasteiger partial charge < -0.3 is 14.9 Å². The van der Waals surface area contributed by atoms with Crippen molar-refractivity contribution in [3.63, 3.8) is 0 Å². The SMILES string of the molecule is O=C(O)C1CCN(C(=O)N2CCCC3CCCC32)C1. The summed E-state index contributed by atoms with van der Waals surface area (Å²) in [6.07, 6.45) is 6.58. The van der Waals surface area contributed by atoms with Crippen molar-refractivity contribution in [2.24, 2.45) is 11.8 Å². The average Bonchev–Trinajstić information content (AvgIpc) is 3.06. The fourth-order valence-electron chi connectivity index (χ4n) is 4.01. The van der Waals surface area contributed by atoms with Crippen molar-refractivity contribution < 1.29 is 14.7 Å². The van der Waals surface area contributed by atoms with Crippen LogP contribution < -0.4 is 0 Å². The van der Waals surface area contributed by atoms with Crippen LogP contribution in [-0.2, 0) is 4.79 Å². The van der Waals surface area contributed by atoms with E-state index in [-0.39, 0.29) is 11.9 Å². The summed E-state index contributed by atoms with van der Waals surface area (Å²) >= 11 is 0. The van der Waals surface area contributed by atoms with E-state index in [4.69, 9.17) is 5.11 Å². The summed E-state index contributed by atoms with van der Waals surface area (Å²) in [4.78, 5) is 27.3. The van der Waals surface area contributed by atoms with Gasteiger partial charge in [0, 0.05) is 25.7 Å². The summed E-state index contributed by atoms with van der Waals surface area (Å²) < 4.78 is 0. The second-order valence-corrected chi connectivity index (χ2v) is 6.15. The van der Waals surface area contributed by atoms with Crippen LogP contribution in [0.5, 0.6) is 0 Å². The van der Waals surface area contributed by atoms with E-state index >= 15 is 0 Å². The highest BCUT2D eigenvalue weighted by Gasteiger charge is 2.40. The van der Waals surface area contributed by atoms with Gasteiger partial charge in [0.05, 0.1) is 5.92 Å². The Morgan fingerprint density at radius 1 is 1.00 bits per heavy atom. The number of fused-ring (bicyclic) bond motifs is 1. The van der Waals surface area contributed by atoms with E-state index in [1.807, 2.05) is 4.90 Å². The number of amides is 2. The molecule has 2 heterocycles. The molecule has 3 fully saturated rings. The second kappa shape index (κ2) is 5.02. The van der Waals surface area contributed by atoms with Gasteiger partial charge in [-0.15, -0.1) is 0 Å². The molecule has 1 saturated carbocycles. The first-order valence-corrected chi connectivity index (χ1v) is 7.45. The maximum absolute atomic E-state index is 12.6. The minimum atomic E-state index is -0.771. The van der Waals surface area contributed by atoms with Crippen LogP contribution in [0.4, 0.5) is 4.79 Å². The smallest absolute Gasteiger partial charge is 0.320 e. The van der Waals surface area contributed by atoms with Crippen LogP contribution in [0, 0.1) is 11.8 Å². The van der Waals surface area contributed by atoms with Crippen LogP contribution in [-0.4, -0.2) is 52.6 Å². The summed E-state index contributed by atoms with van der Waals surface area (Å²) in [5.74, 6) is -0.448. The molecule has 0 aromatic heterocycles. The minimum Gasteiger partial charge on any atom is -0.481 e. The Labute approximate surface area is 113 Å². The third kappa shape index (κ3) is 2.30. The molecule has 0 radical (unpaired) electrons. The molecule has 0 aromatic carbocycles. The van der Waals surface area contributed by atoms with Crippen molar-refractivity contribution in [1.29, 1.82) is 0 Å². The van der Waals surface area contributed by atoms with E-state index < -0.39 is 5.97 Å². The first kappa shape index (κ1) is 12.8. The molecule has 3 unspecified atom stereocenters. The van der Waals surface area contributed by atoms with Gasteiger partial charge in [-0.25, -0.2) is 4.79 Å².